The number of nitrogens with zero attached hydrogens (tertiary/aromatic N) is 2. The van der Waals surface area contributed by atoms with E-state index in [0.717, 1.165) is 11.1 Å². The summed E-state index contributed by atoms with van der Waals surface area (Å²) in [6, 6.07) is 17.9. The predicted octanol–water partition coefficient (Wildman–Crippen LogP) is 2.74. The number of rotatable bonds is 7. The number of aryl methyl sites for hydroxylation is 1. The zero-order valence-electron chi connectivity index (χ0n) is 14.1. The topological polar surface area (TPSA) is 103 Å². The minimum absolute atomic E-state index is 0.155. The number of amides is 1. The minimum atomic E-state index is -0.464. The van der Waals surface area contributed by atoms with Crippen molar-refractivity contribution in [2.75, 3.05) is 11.9 Å². The number of hydrogen-bond donors (Lipinski definition) is 1. The van der Waals surface area contributed by atoms with Gasteiger partial charge in [-0.05, 0) is 41.8 Å². The van der Waals surface area contributed by atoms with Crippen molar-refractivity contribution in [3.8, 4) is 12.1 Å². The zero-order valence-corrected chi connectivity index (χ0v) is 14.1. The highest BCUT2D eigenvalue weighted by atomic mass is 16.5. The second-order valence-corrected chi connectivity index (χ2v) is 5.55. The average Bonchev–Trinajstić information content (AvgIpc) is 2.67. The monoisotopic (exact) mass is 347 g/mol. The molecule has 2 aromatic rings. The van der Waals surface area contributed by atoms with E-state index >= 15 is 0 Å². The Bertz CT molecular complexity index is 844. The van der Waals surface area contributed by atoms with Gasteiger partial charge >= 0.3 is 5.97 Å². The molecule has 0 radical (unpaired) electrons. The summed E-state index contributed by atoms with van der Waals surface area (Å²) in [5.41, 5.74) is 2.92. The fourth-order valence-electron chi connectivity index (χ4n) is 2.20. The average molecular weight is 347 g/mol. The highest BCUT2D eigenvalue weighted by Crippen LogP contribution is 2.10. The van der Waals surface area contributed by atoms with Crippen molar-refractivity contribution in [3.05, 3.63) is 65.2 Å². The van der Waals surface area contributed by atoms with E-state index in [1.807, 2.05) is 12.1 Å². The van der Waals surface area contributed by atoms with Crippen molar-refractivity contribution >= 4 is 17.6 Å². The van der Waals surface area contributed by atoms with E-state index < -0.39 is 11.9 Å². The lowest BCUT2D eigenvalue weighted by Crippen LogP contribution is -2.21. The number of benzene rings is 2. The molecule has 0 saturated carbocycles. The van der Waals surface area contributed by atoms with E-state index in [-0.39, 0.29) is 13.0 Å². The molecule has 0 spiro atoms. The molecule has 2 rings (SSSR count). The van der Waals surface area contributed by atoms with Crippen molar-refractivity contribution < 1.29 is 14.3 Å². The second kappa shape index (κ2) is 9.61. The highest BCUT2D eigenvalue weighted by Gasteiger charge is 2.08. The minimum Gasteiger partial charge on any atom is -0.456 e. The number of nitriles is 2. The maximum Gasteiger partial charge on any atom is 0.306 e. The Kier molecular flexibility index (Phi) is 6.91. The van der Waals surface area contributed by atoms with Gasteiger partial charge in [-0.1, -0.05) is 24.3 Å². The van der Waals surface area contributed by atoms with Gasteiger partial charge in [0.25, 0.3) is 5.91 Å². The molecule has 130 valence electrons. The summed E-state index contributed by atoms with van der Waals surface area (Å²) in [6.45, 7) is -0.355. The van der Waals surface area contributed by atoms with Gasteiger partial charge in [-0.25, -0.2) is 0 Å². The van der Waals surface area contributed by atoms with Gasteiger partial charge < -0.3 is 10.1 Å². The van der Waals surface area contributed by atoms with E-state index in [1.165, 1.54) is 0 Å². The van der Waals surface area contributed by atoms with Crippen LogP contribution in [0.1, 0.15) is 23.1 Å². The number of esters is 1. The second-order valence-electron chi connectivity index (χ2n) is 5.55. The third-order valence-electron chi connectivity index (χ3n) is 3.59. The first kappa shape index (κ1) is 18.7. The summed E-state index contributed by atoms with van der Waals surface area (Å²) in [5.74, 6) is -0.890. The molecular formula is C20H17N3O3. The molecule has 1 N–H and O–H groups in total. The van der Waals surface area contributed by atoms with E-state index in [2.05, 4.69) is 5.32 Å². The van der Waals surface area contributed by atoms with Crippen LogP contribution in [0, 0.1) is 22.7 Å². The van der Waals surface area contributed by atoms with Gasteiger partial charge in [0, 0.05) is 12.1 Å². The quantitative estimate of drug-likeness (QED) is 0.776. The number of carbonyl (C=O) groups is 2. The largest absolute Gasteiger partial charge is 0.456 e. The normalized spacial score (nSPS) is 9.62. The van der Waals surface area contributed by atoms with Crippen LogP contribution in [-0.4, -0.2) is 18.5 Å². The molecule has 0 aliphatic heterocycles. The molecule has 26 heavy (non-hydrogen) atoms. The molecule has 0 unspecified atom stereocenters. The van der Waals surface area contributed by atoms with Crippen LogP contribution in [0.25, 0.3) is 0 Å². The van der Waals surface area contributed by atoms with Crippen molar-refractivity contribution in [3.63, 3.8) is 0 Å². The molecule has 0 bridgehead atoms. The molecule has 0 saturated heterocycles. The van der Waals surface area contributed by atoms with Gasteiger partial charge in [-0.15, -0.1) is 0 Å². The van der Waals surface area contributed by atoms with E-state index in [1.54, 1.807) is 48.5 Å². The summed E-state index contributed by atoms with van der Waals surface area (Å²) in [5, 5.41) is 20.0. The lowest BCUT2D eigenvalue weighted by atomic mass is 10.1. The SMILES string of the molecule is N#CCc1ccc(NC(=O)COC(=O)CCc2ccc(C#N)cc2)cc1. The maximum atomic E-state index is 11.8. The first-order valence-electron chi connectivity index (χ1n) is 8.01. The number of hydrogen-bond acceptors (Lipinski definition) is 5. The van der Waals surface area contributed by atoms with Gasteiger partial charge in [-0.3, -0.25) is 9.59 Å². The zero-order chi connectivity index (χ0) is 18.8. The van der Waals surface area contributed by atoms with Crippen molar-refractivity contribution in [2.45, 2.75) is 19.3 Å². The lowest BCUT2D eigenvalue weighted by Gasteiger charge is -2.07. The maximum absolute atomic E-state index is 11.8. The van der Waals surface area contributed by atoms with E-state index in [4.69, 9.17) is 15.3 Å². The smallest absolute Gasteiger partial charge is 0.306 e. The fraction of sp³-hybridized carbons (Fsp3) is 0.200. The first-order chi connectivity index (χ1) is 12.6. The van der Waals surface area contributed by atoms with Gasteiger partial charge in [-0.2, -0.15) is 10.5 Å². The van der Waals surface area contributed by atoms with Crippen molar-refractivity contribution in [1.82, 2.24) is 0 Å². The molecule has 0 atom stereocenters. The standard InChI is InChI=1S/C20H17N3O3/c21-12-11-16-5-8-18(9-6-16)23-19(24)14-26-20(25)10-7-15-1-3-17(13-22)4-2-15/h1-6,8-9H,7,10-11,14H2,(H,23,24). The van der Waals surface area contributed by atoms with Crippen LogP contribution < -0.4 is 5.32 Å². The van der Waals surface area contributed by atoms with Crippen molar-refractivity contribution in [1.29, 1.82) is 10.5 Å². The summed E-state index contributed by atoms with van der Waals surface area (Å²) in [7, 11) is 0. The molecular weight excluding hydrogens is 330 g/mol. The van der Waals surface area contributed by atoms with Gasteiger partial charge in [0.05, 0.1) is 24.1 Å². The summed E-state index contributed by atoms with van der Waals surface area (Å²) < 4.78 is 4.96. The Morgan fingerprint density at radius 1 is 0.962 bits per heavy atom. The molecule has 6 nitrogen and oxygen atoms in total. The van der Waals surface area contributed by atoms with Crippen LogP contribution in [0.2, 0.25) is 0 Å². The third-order valence-corrected chi connectivity index (χ3v) is 3.59. The fourth-order valence-corrected chi connectivity index (χ4v) is 2.20. The molecule has 0 heterocycles. The lowest BCUT2D eigenvalue weighted by molar-refractivity contribution is -0.147. The van der Waals surface area contributed by atoms with Crippen LogP contribution in [0.4, 0.5) is 5.69 Å². The molecule has 0 aromatic heterocycles. The van der Waals surface area contributed by atoms with Crippen LogP contribution in [0.15, 0.2) is 48.5 Å². The van der Waals surface area contributed by atoms with Crippen LogP contribution >= 0.6 is 0 Å². The molecule has 2 aromatic carbocycles. The van der Waals surface area contributed by atoms with E-state index in [0.29, 0.717) is 24.1 Å². The Hall–Kier alpha value is -3.64. The Morgan fingerprint density at radius 3 is 2.23 bits per heavy atom. The molecule has 1 amide bonds. The summed E-state index contributed by atoms with van der Waals surface area (Å²) in [4.78, 5) is 23.5. The molecule has 0 aliphatic rings. The van der Waals surface area contributed by atoms with Gasteiger partial charge in [0.15, 0.2) is 6.61 Å². The molecule has 0 fully saturated rings. The Labute approximate surface area is 151 Å². The summed E-state index contributed by atoms with van der Waals surface area (Å²) >= 11 is 0. The van der Waals surface area contributed by atoms with E-state index in [9.17, 15) is 9.59 Å². The first-order valence-corrected chi connectivity index (χ1v) is 8.01. The van der Waals surface area contributed by atoms with Gasteiger partial charge in [0.2, 0.25) is 0 Å². The number of carbonyl (C=O) groups excluding carboxylic acids is 2. The van der Waals surface area contributed by atoms with Crippen LogP contribution in [-0.2, 0) is 27.2 Å². The third kappa shape index (κ3) is 6.10. The molecule has 6 heteroatoms. The van der Waals surface area contributed by atoms with Crippen molar-refractivity contribution in [2.24, 2.45) is 0 Å². The number of nitrogens with one attached hydrogen (secondary N) is 1. The highest BCUT2D eigenvalue weighted by molar-refractivity contribution is 5.92. The molecule has 0 aliphatic carbocycles. The number of ether oxygens (including phenoxy) is 1. The Balaban J connectivity index is 1.71. The van der Waals surface area contributed by atoms with Crippen LogP contribution in [0.5, 0.6) is 0 Å². The Morgan fingerprint density at radius 2 is 1.62 bits per heavy atom. The predicted molar refractivity (Wildman–Crippen MR) is 94.8 cm³/mol. The number of anilines is 1. The van der Waals surface area contributed by atoms with Crippen LogP contribution in [0.3, 0.4) is 0 Å². The van der Waals surface area contributed by atoms with Gasteiger partial charge in [0.1, 0.15) is 0 Å². The summed E-state index contributed by atoms with van der Waals surface area (Å²) in [6.07, 6.45) is 0.944.